The molecule has 0 amide bonds. The van der Waals surface area contributed by atoms with Gasteiger partial charge in [0.1, 0.15) is 5.69 Å². The maximum atomic E-state index is 10.6. The molecule has 0 saturated carbocycles. The van der Waals surface area contributed by atoms with E-state index in [4.69, 9.17) is 16.7 Å². The summed E-state index contributed by atoms with van der Waals surface area (Å²) in [5.74, 6) is -1.08. The highest BCUT2D eigenvalue weighted by molar-refractivity contribution is 9.11. The Hall–Kier alpha value is -0.590. The third-order valence-electron chi connectivity index (χ3n) is 1.48. The fourth-order valence-electron chi connectivity index (χ4n) is 0.962. The monoisotopic (exact) mass is 280 g/mol. The number of hydrogen-bond donors (Lipinski definition) is 2. The SMILES string of the molecule is O=C(O)c1[nH]c2nc(Br)sc2c1Cl. The highest BCUT2D eigenvalue weighted by atomic mass is 79.9. The van der Waals surface area contributed by atoms with Gasteiger partial charge in [-0.15, -0.1) is 11.3 Å². The number of aromatic carboxylic acids is 1. The van der Waals surface area contributed by atoms with Crippen LogP contribution in [0.4, 0.5) is 0 Å². The Morgan fingerprint density at radius 1 is 1.69 bits per heavy atom. The number of nitrogens with one attached hydrogen (secondary N) is 1. The molecule has 2 N–H and O–H groups in total. The molecule has 0 spiro atoms. The van der Waals surface area contributed by atoms with Crippen LogP contribution in [0.15, 0.2) is 3.92 Å². The molecule has 0 aliphatic carbocycles. The van der Waals surface area contributed by atoms with Gasteiger partial charge in [0.25, 0.3) is 0 Å². The molecular weight excluding hydrogens is 280 g/mol. The smallest absolute Gasteiger partial charge is 0.353 e. The molecule has 0 fully saturated rings. The van der Waals surface area contributed by atoms with Crippen LogP contribution in [0.25, 0.3) is 10.3 Å². The molecule has 4 nitrogen and oxygen atoms in total. The van der Waals surface area contributed by atoms with Gasteiger partial charge in [0.15, 0.2) is 9.56 Å². The number of carboxylic acid groups (broad SMARTS) is 1. The van der Waals surface area contributed by atoms with Crippen LogP contribution in [-0.2, 0) is 0 Å². The van der Waals surface area contributed by atoms with Crippen molar-refractivity contribution in [2.75, 3.05) is 0 Å². The first-order chi connectivity index (χ1) is 6.09. The number of rotatable bonds is 1. The number of halogens is 2. The Bertz CT molecular complexity index is 492. The fourth-order valence-corrected chi connectivity index (χ4v) is 2.65. The number of carboxylic acids is 1. The summed E-state index contributed by atoms with van der Waals surface area (Å²) in [7, 11) is 0. The van der Waals surface area contributed by atoms with Gasteiger partial charge in [-0.1, -0.05) is 11.6 Å². The molecule has 0 atom stereocenters. The van der Waals surface area contributed by atoms with Crippen LogP contribution in [0.5, 0.6) is 0 Å². The minimum Gasteiger partial charge on any atom is -0.477 e. The number of fused-ring (bicyclic) bond motifs is 1. The van der Waals surface area contributed by atoms with Gasteiger partial charge in [-0.3, -0.25) is 0 Å². The van der Waals surface area contributed by atoms with Crippen molar-refractivity contribution in [3.05, 3.63) is 14.6 Å². The van der Waals surface area contributed by atoms with E-state index in [1.54, 1.807) is 0 Å². The molecule has 0 bridgehead atoms. The Balaban J connectivity index is 2.76. The number of H-pyrrole nitrogens is 1. The molecule has 0 aliphatic rings. The molecule has 2 aromatic heterocycles. The van der Waals surface area contributed by atoms with Crippen molar-refractivity contribution in [1.29, 1.82) is 0 Å². The summed E-state index contributed by atoms with van der Waals surface area (Å²) >= 11 is 10.3. The molecule has 0 unspecified atom stereocenters. The first-order valence-corrected chi connectivity index (χ1v) is 5.15. The van der Waals surface area contributed by atoms with Crippen LogP contribution in [-0.4, -0.2) is 21.0 Å². The summed E-state index contributed by atoms with van der Waals surface area (Å²) < 4.78 is 1.33. The molecule has 2 rings (SSSR count). The number of carbonyl (C=O) groups is 1. The fraction of sp³-hybridized carbons (Fsp3) is 0. The van der Waals surface area contributed by atoms with E-state index in [2.05, 4.69) is 25.9 Å². The predicted octanol–water partition coefficient (Wildman–Crippen LogP) is 2.74. The number of aromatic amines is 1. The molecule has 68 valence electrons. The maximum Gasteiger partial charge on any atom is 0.353 e. The zero-order valence-corrected chi connectivity index (χ0v) is 9.13. The van der Waals surface area contributed by atoms with Crippen LogP contribution in [0.1, 0.15) is 10.5 Å². The van der Waals surface area contributed by atoms with Crippen molar-refractivity contribution >= 4 is 55.2 Å². The molecule has 0 saturated heterocycles. The molecule has 0 aromatic carbocycles. The average Bonchev–Trinajstić information content (AvgIpc) is 2.51. The van der Waals surface area contributed by atoms with Gasteiger partial charge in [0.2, 0.25) is 0 Å². The van der Waals surface area contributed by atoms with Crippen molar-refractivity contribution in [2.24, 2.45) is 0 Å². The van der Waals surface area contributed by atoms with E-state index in [1.807, 2.05) is 0 Å². The van der Waals surface area contributed by atoms with Crippen LogP contribution in [0.3, 0.4) is 0 Å². The molecule has 0 radical (unpaired) electrons. The largest absolute Gasteiger partial charge is 0.477 e. The van der Waals surface area contributed by atoms with Crippen LogP contribution < -0.4 is 0 Å². The third kappa shape index (κ3) is 1.34. The number of aromatic nitrogens is 2. The minimum atomic E-state index is -1.08. The summed E-state index contributed by atoms with van der Waals surface area (Å²) in [6.07, 6.45) is 0. The zero-order valence-electron chi connectivity index (χ0n) is 5.97. The highest BCUT2D eigenvalue weighted by Crippen LogP contribution is 2.34. The van der Waals surface area contributed by atoms with Crippen molar-refractivity contribution in [3.63, 3.8) is 0 Å². The number of thiazole rings is 1. The van der Waals surface area contributed by atoms with E-state index >= 15 is 0 Å². The summed E-state index contributed by atoms with van der Waals surface area (Å²) in [5, 5.41) is 8.92. The molecule has 13 heavy (non-hydrogen) atoms. The standard InChI is InChI=1S/C6H2BrClN2O2S/c7-6-10-4-3(13-6)1(8)2(9-4)5(11)12/h9H,(H,11,12). The van der Waals surface area contributed by atoms with Gasteiger partial charge in [-0.05, 0) is 15.9 Å². The molecule has 7 heteroatoms. The van der Waals surface area contributed by atoms with Gasteiger partial charge < -0.3 is 10.1 Å². The van der Waals surface area contributed by atoms with Gasteiger partial charge in [0, 0.05) is 0 Å². The van der Waals surface area contributed by atoms with Gasteiger partial charge in [0.05, 0.1) is 9.72 Å². The van der Waals surface area contributed by atoms with E-state index in [9.17, 15) is 4.79 Å². The Morgan fingerprint density at radius 2 is 2.38 bits per heavy atom. The van der Waals surface area contributed by atoms with E-state index in [0.717, 1.165) is 0 Å². The van der Waals surface area contributed by atoms with Gasteiger partial charge in [-0.25, -0.2) is 9.78 Å². The number of nitrogens with zero attached hydrogens (tertiary/aromatic N) is 1. The van der Waals surface area contributed by atoms with Crippen molar-refractivity contribution in [3.8, 4) is 0 Å². The lowest BCUT2D eigenvalue weighted by Gasteiger charge is -1.87. The lowest BCUT2D eigenvalue weighted by Crippen LogP contribution is -1.96. The minimum absolute atomic E-state index is 0.0112. The second-order valence-corrected chi connectivity index (χ2v) is 4.92. The molecule has 2 aromatic rings. The topological polar surface area (TPSA) is 66.0 Å². The Morgan fingerprint density at radius 3 is 2.92 bits per heavy atom. The predicted molar refractivity (Wildman–Crippen MR) is 53.6 cm³/mol. The van der Waals surface area contributed by atoms with Gasteiger partial charge >= 0.3 is 5.97 Å². The van der Waals surface area contributed by atoms with Crippen molar-refractivity contribution in [2.45, 2.75) is 0 Å². The average molecular weight is 282 g/mol. The van der Waals surface area contributed by atoms with E-state index in [0.29, 0.717) is 14.3 Å². The lowest BCUT2D eigenvalue weighted by atomic mass is 10.4. The van der Waals surface area contributed by atoms with Crippen molar-refractivity contribution < 1.29 is 9.90 Å². The van der Waals surface area contributed by atoms with E-state index < -0.39 is 5.97 Å². The van der Waals surface area contributed by atoms with Crippen molar-refractivity contribution in [1.82, 2.24) is 9.97 Å². The number of hydrogen-bond acceptors (Lipinski definition) is 3. The summed E-state index contributed by atoms with van der Waals surface area (Å²) in [6, 6.07) is 0. The summed E-state index contributed by atoms with van der Waals surface area (Å²) in [6.45, 7) is 0. The Kier molecular flexibility index (Phi) is 2.05. The van der Waals surface area contributed by atoms with E-state index in [-0.39, 0.29) is 10.7 Å². The molecule has 2 heterocycles. The van der Waals surface area contributed by atoms with Gasteiger partial charge in [-0.2, -0.15) is 0 Å². The third-order valence-corrected chi connectivity index (χ3v) is 3.49. The summed E-state index contributed by atoms with van der Waals surface area (Å²) in [4.78, 5) is 17.3. The zero-order chi connectivity index (χ0) is 9.59. The first kappa shape index (κ1) is 8.98. The first-order valence-electron chi connectivity index (χ1n) is 3.16. The van der Waals surface area contributed by atoms with Crippen LogP contribution >= 0.6 is 38.9 Å². The normalized spacial score (nSPS) is 10.9. The van der Waals surface area contributed by atoms with E-state index in [1.165, 1.54) is 11.3 Å². The second-order valence-electron chi connectivity index (χ2n) is 2.26. The highest BCUT2D eigenvalue weighted by Gasteiger charge is 2.18. The quantitative estimate of drug-likeness (QED) is 0.844. The van der Waals surface area contributed by atoms with Crippen LogP contribution in [0, 0.1) is 0 Å². The maximum absolute atomic E-state index is 10.6. The lowest BCUT2D eigenvalue weighted by molar-refractivity contribution is 0.0691. The second kappa shape index (κ2) is 2.97. The molecule has 0 aliphatic heterocycles. The van der Waals surface area contributed by atoms with Crippen LogP contribution in [0.2, 0.25) is 5.02 Å². The summed E-state index contributed by atoms with van der Waals surface area (Å²) in [5.41, 5.74) is 0.488. The molecular formula is C6H2BrClN2O2S. The Labute approximate surface area is 89.7 Å².